The standard InChI is InChI=1S/C19H22N2O3/c1-2-3-14-17(19(23)24)18(22)21(16-12-8-5-9-13-16)20-15-10-6-4-7-11-15/h4-13,17,20H,2-3,14H2,1H3,(H,23,24)/t17-/m1/s1. The molecule has 0 saturated heterocycles. The molecule has 0 bridgehead atoms. The zero-order valence-electron chi connectivity index (χ0n) is 13.7. The van der Waals surface area contributed by atoms with Crippen molar-refractivity contribution in [3.05, 3.63) is 60.7 Å². The summed E-state index contributed by atoms with van der Waals surface area (Å²) < 4.78 is 0. The van der Waals surface area contributed by atoms with Gasteiger partial charge in [-0.05, 0) is 30.7 Å². The van der Waals surface area contributed by atoms with Crippen molar-refractivity contribution < 1.29 is 14.7 Å². The Balaban J connectivity index is 2.30. The number of aliphatic carboxylic acids is 1. The lowest BCUT2D eigenvalue weighted by Crippen LogP contribution is -2.43. The Morgan fingerprint density at radius 3 is 2.17 bits per heavy atom. The molecule has 5 nitrogen and oxygen atoms in total. The minimum atomic E-state index is -1.09. The Kier molecular flexibility index (Phi) is 6.37. The number of rotatable bonds is 8. The van der Waals surface area contributed by atoms with Crippen LogP contribution < -0.4 is 10.4 Å². The second-order valence-electron chi connectivity index (χ2n) is 5.52. The van der Waals surface area contributed by atoms with Crippen LogP contribution in [0.15, 0.2) is 60.7 Å². The molecule has 0 aliphatic rings. The average molecular weight is 326 g/mol. The highest BCUT2D eigenvalue weighted by Gasteiger charge is 2.31. The maximum Gasteiger partial charge on any atom is 0.316 e. The zero-order chi connectivity index (χ0) is 17.4. The number of carboxylic acid groups (broad SMARTS) is 1. The van der Waals surface area contributed by atoms with Crippen LogP contribution in [0.2, 0.25) is 0 Å². The molecule has 2 N–H and O–H groups in total. The Morgan fingerprint density at radius 2 is 1.62 bits per heavy atom. The number of amides is 1. The van der Waals surface area contributed by atoms with Crippen molar-refractivity contribution in [3.8, 4) is 0 Å². The van der Waals surface area contributed by atoms with E-state index in [4.69, 9.17) is 0 Å². The summed E-state index contributed by atoms with van der Waals surface area (Å²) in [5.74, 6) is -2.63. The molecule has 0 fully saturated rings. The first kappa shape index (κ1) is 17.5. The number of unbranched alkanes of at least 4 members (excludes halogenated alkanes) is 1. The van der Waals surface area contributed by atoms with Crippen molar-refractivity contribution in [1.29, 1.82) is 0 Å². The molecule has 0 aliphatic carbocycles. The summed E-state index contributed by atoms with van der Waals surface area (Å²) in [6, 6.07) is 18.2. The lowest BCUT2D eigenvalue weighted by atomic mass is 10.0. The van der Waals surface area contributed by atoms with E-state index in [0.29, 0.717) is 24.2 Å². The molecule has 0 aromatic heterocycles. The van der Waals surface area contributed by atoms with Crippen LogP contribution in [0.3, 0.4) is 0 Å². The molecule has 1 atom stereocenters. The van der Waals surface area contributed by atoms with Gasteiger partial charge in [0.25, 0.3) is 5.91 Å². The van der Waals surface area contributed by atoms with E-state index in [0.717, 1.165) is 6.42 Å². The molecule has 0 spiro atoms. The Labute approximate surface area is 141 Å². The molecule has 0 radical (unpaired) electrons. The van der Waals surface area contributed by atoms with Gasteiger partial charge in [-0.25, -0.2) is 5.01 Å². The van der Waals surface area contributed by atoms with Gasteiger partial charge >= 0.3 is 5.97 Å². The number of hydrazine groups is 1. The highest BCUT2D eigenvalue weighted by Crippen LogP contribution is 2.21. The summed E-state index contributed by atoms with van der Waals surface area (Å²) in [7, 11) is 0. The summed E-state index contributed by atoms with van der Waals surface area (Å²) in [6.45, 7) is 1.97. The summed E-state index contributed by atoms with van der Waals surface area (Å²) in [5.41, 5.74) is 4.35. The van der Waals surface area contributed by atoms with Crippen LogP contribution in [0, 0.1) is 5.92 Å². The molecular weight excluding hydrogens is 304 g/mol. The van der Waals surface area contributed by atoms with Gasteiger partial charge < -0.3 is 5.11 Å². The molecule has 24 heavy (non-hydrogen) atoms. The summed E-state index contributed by atoms with van der Waals surface area (Å²) >= 11 is 0. The van der Waals surface area contributed by atoms with Gasteiger partial charge in [0.2, 0.25) is 0 Å². The number of benzene rings is 2. The van der Waals surface area contributed by atoms with E-state index < -0.39 is 17.8 Å². The van der Waals surface area contributed by atoms with Gasteiger partial charge in [0.15, 0.2) is 0 Å². The maximum absolute atomic E-state index is 12.9. The van der Waals surface area contributed by atoms with E-state index >= 15 is 0 Å². The van der Waals surface area contributed by atoms with Gasteiger partial charge in [0, 0.05) is 0 Å². The average Bonchev–Trinajstić information content (AvgIpc) is 2.61. The number of carbonyl (C=O) groups is 2. The van der Waals surface area contributed by atoms with E-state index in [1.54, 1.807) is 12.1 Å². The van der Waals surface area contributed by atoms with Gasteiger partial charge in [-0.3, -0.25) is 15.0 Å². The lowest BCUT2D eigenvalue weighted by Gasteiger charge is -2.27. The van der Waals surface area contributed by atoms with Crippen LogP contribution in [0.4, 0.5) is 11.4 Å². The second-order valence-corrected chi connectivity index (χ2v) is 5.52. The summed E-state index contributed by atoms with van der Waals surface area (Å²) in [5, 5.41) is 10.8. The van der Waals surface area contributed by atoms with Crippen molar-refractivity contribution in [2.45, 2.75) is 26.2 Å². The number of hydrogen-bond donors (Lipinski definition) is 2. The quantitative estimate of drug-likeness (QED) is 0.569. The third-order valence-electron chi connectivity index (χ3n) is 3.69. The maximum atomic E-state index is 12.9. The van der Waals surface area contributed by atoms with Crippen LogP contribution in [-0.4, -0.2) is 17.0 Å². The van der Waals surface area contributed by atoms with E-state index in [9.17, 15) is 14.7 Å². The second kappa shape index (κ2) is 8.72. The van der Waals surface area contributed by atoms with E-state index in [-0.39, 0.29) is 0 Å². The number of nitrogens with one attached hydrogen (secondary N) is 1. The van der Waals surface area contributed by atoms with Crippen molar-refractivity contribution >= 4 is 23.3 Å². The fourth-order valence-electron chi connectivity index (χ4n) is 2.38. The molecular formula is C19H22N2O3. The molecule has 126 valence electrons. The van der Waals surface area contributed by atoms with E-state index in [2.05, 4.69) is 5.43 Å². The summed E-state index contributed by atoms with van der Waals surface area (Å²) in [6.07, 6.45) is 1.86. The largest absolute Gasteiger partial charge is 0.481 e. The molecule has 2 aromatic rings. The minimum absolute atomic E-state index is 0.324. The Hall–Kier alpha value is -2.82. The number of carboxylic acids is 1. The first-order valence-corrected chi connectivity index (χ1v) is 8.07. The molecule has 2 rings (SSSR count). The minimum Gasteiger partial charge on any atom is -0.481 e. The molecule has 2 aromatic carbocycles. The highest BCUT2D eigenvalue weighted by molar-refractivity contribution is 6.06. The van der Waals surface area contributed by atoms with Gasteiger partial charge in [-0.2, -0.15) is 0 Å². The molecule has 0 heterocycles. The van der Waals surface area contributed by atoms with Crippen molar-refractivity contribution in [3.63, 3.8) is 0 Å². The molecule has 0 aliphatic heterocycles. The van der Waals surface area contributed by atoms with Gasteiger partial charge in [-0.15, -0.1) is 0 Å². The third kappa shape index (κ3) is 4.59. The molecule has 0 unspecified atom stereocenters. The predicted octanol–water partition coefficient (Wildman–Crippen LogP) is 3.94. The molecule has 1 amide bonds. The Morgan fingerprint density at radius 1 is 1.04 bits per heavy atom. The zero-order valence-corrected chi connectivity index (χ0v) is 13.7. The van der Waals surface area contributed by atoms with Crippen molar-refractivity contribution in [2.24, 2.45) is 5.92 Å². The third-order valence-corrected chi connectivity index (χ3v) is 3.69. The van der Waals surface area contributed by atoms with Crippen LogP contribution in [-0.2, 0) is 9.59 Å². The first-order chi connectivity index (χ1) is 11.6. The Bertz CT molecular complexity index is 659. The number of carbonyl (C=O) groups excluding carboxylic acids is 1. The van der Waals surface area contributed by atoms with Gasteiger partial charge in [0.05, 0.1) is 11.4 Å². The number of hydrogen-bond acceptors (Lipinski definition) is 3. The molecule has 5 heteroatoms. The first-order valence-electron chi connectivity index (χ1n) is 8.07. The van der Waals surface area contributed by atoms with Crippen LogP contribution in [0.5, 0.6) is 0 Å². The fourth-order valence-corrected chi connectivity index (χ4v) is 2.38. The van der Waals surface area contributed by atoms with E-state index in [1.165, 1.54) is 5.01 Å². The summed E-state index contributed by atoms with van der Waals surface area (Å²) in [4.78, 5) is 24.4. The van der Waals surface area contributed by atoms with Crippen LogP contribution >= 0.6 is 0 Å². The highest BCUT2D eigenvalue weighted by atomic mass is 16.4. The van der Waals surface area contributed by atoms with Gasteiger partial charge in [0.1, 0.15) is 5.92 Å². The van der Waals surface area contributed by atoms with Gasteiger partial charge in [-0.1, -0.05) is 56.2 Å². The number of nitrogens with zero attached hydrogens (tertiary/aromatic N) is 1. The number of anilines is 2. The lowest BCUT2D eigenvalue weighted by molar-refractivity contribution is -0.146. The van der Waals surface area contributed by atoms with Crippen molar-refractivity contribution in [2.75, 3.05) is 10.4 Å². The fraction of sp³-hybridized carbons (Fsp3) is 0.263. The van der Waals surface area contributed by atoms with Crippen LogP contribution in [0.25, 0.3) is 0 Å². The SMILES string of the molecule is CCCC[C@@H](C(=O)O)C(=O)N(Nc1ccccc1)c1ccccc1. The predicted molar refractivity (Wildman–Crippen MR) is 94.6 cm³/mol. The number of para-hydroxylation sites is 2. The van der Waals surface area contributed by atoms with Crippen molar-refractivity contribution in [1.82, 2.24) is 0 Å². The van der Waals surface area contributed by atoms with E-state index in [1.807, 2.05) is 55.5 Å². The molecule has 0 saturated carbocycles. The topological polar surface area (TPSA) is 69.6 Å². The van der Waals surface area contributed by atoms with Crippen LogP contribution in [0.1, 0.15) is 26.2 Å². The monoisotopic (exact) mass is 326 g/mol. The normalized spacial score (nSPS) is 11.5. The smallest absolute Gasteiger partial charge is 0.316 e.